The summed E-state index contributed by atoms with van der Waals surface area (Å²) in [6.45, 7) is -0.136. The zero-order valence-corrected chi connectivity index (χ0v) is 12.9. The molecule has 1 unspecified atom stereocenters. The summed E-state index contributed by atoms with van der Waals surface area (Å²) >= 11 is 0. The van der Waals surface area contributed by atoms with Crippen molar-refractivity contribution in [3.63, 3.8) is 0 Å². The van der Waals surface area contributed by atoms with Crippen molar-refractivity contribution in [2.75, 3.05) is 13.7 Å². The van der Waals surface area contributed by atoms with Crippen LogP contribution in [0.25, 0.3) is 0 Å². The summed E-state index contributed by atoms with van der Waals surface area (Å²) in [6, 6.07) is 10.7. The minimum absolute atomic E-state index is 0.0670. The zero-order chi connectivity index (χ0) is 15.5. The van der Waals surface area contributed by atoms with Crippen molar-refractivity contribution in [3.05, 3.63) is 35.9 Å². The maximum atomic E-state index is 9.69. The maximum Gasteiger partial charge on any atom is 0.235 e. The number of piperidine rings is 1. The van der Waals surface area contributed by atoms with Crippen LogP contribution < -0.4 is 0 Å². The molecule has 5 nitrogen and oxygen atoms in total. The van der Waals surface area contributed by atoms with Gasteiger partial charge < -0.3 is 20.0 Å². The third-order valence-corrected chi connectivity index (χ3v) is 5.12. The largest absolute Gasteiger partial charge is 0.475 e. The summed E-state index contributed by atoms with van der Waals surface area (Å²) in [5, 5.41) is 22.4. The average molecular weight is 304 g/mol. The molecule has 2 fully saturated rings. The van der Waals surface area contributed by atoms with Gasteiger partial charge in [0, 0.05) is 12.1 Å². The highest BCUT2D eigenvalue weighted by Gasteiger charge is 2.40. The molecule has 5 heteroatoms. The Labute approximate surface area is 131 Å². The van der Waals surface area contributed by atoms with Crippen LogP contribution in [0.2, 0.25) is 0 Å². The SMILES string of the molecule is CN1[C@@H]2CC[C@H]1C[C@@H](OC(=NO)C(CO)c1ccccc1)C2. The number of aliphatic hydroxyl groups is 1. The summed E-state index contributed by atoms with van der Waals surface area (Å²) < 4.78 is 5.99. The Balaban J connectivity index is 1.70. The molecule has 2 aliphatic rings. The number of nitrogens with zero attached hydrogens (tertiary/aromatic N) is 2. The highest BCUT2D eigenvalue weighted by molar-refractivity contribution is 5.83. The molecule has 0 amide bonds. The minimum atomic E-state index is -0.413. The quantitative estimate of drug-likeness (QED) is 0.387. The van der Waals surface area contributed by atoms with Gasteiger partial charge in [-0.15, -0.1) is 0 Å². The van der Waals surface area contributed by atoms with Crippen molar-refractivity contribution in [2.24, 2.45) is 5.16 Å². The van der Waals surface area contributed by atoms with Crippen LogP contribution in [-0.2, 0) is 4.74 Å². The maximum absolute atomic E-state index is 9.69. The molecule has 0 spiro atoms. The Kier molecular flexibility index (Phi) is 4.64. The summed E-state index contributed by atoms with van der Waals surface area (Å²) in [7, 11) is 2.18. The van der Waals surface area contributed by atoms with Gasteiger partial charge in [-0.05, 0) is 38.3 Å². The highest BCUT2D eigenvalue weighted by atomic mass is 16.5. The monoisotopic (exact) mass is 304 g/mol. The molecule has 4 atom stereocenters. The smallest absolute Gasteiger partial charge is 0.235 e. The van der Waals surface area contributed by atoms with E-state index in [0.717, 1.165) is 18.4 Å². The lowest BCUT2D eigenvalue weighted by Crippen LogP contribution is -2.44. The molecule has 1 aromatic rings. The Morgan fingerprint density at radius 1 is 1.27 bits per heavy atom. The Morgan fingerprint density at radius 3 is 2.45 bits per heavy atom. The third kappa shape index (κ3) is 2.96. The predicted octanol–water partition coefficient (Wildman–Crippen LogP) is 2.19. The summed E-state index contributed by atoms with van der Waals surface area (Å²) in [5.41, 5.74) is 0.897. The average Bonchev–Trinajstić information content (AvgIpc) is 2.77. The van der Waals surface area contributed by atoms with Gasteiger partial charge in [0.2, 0.25) is 5.90 Å². The standard InChI is InChI=1S/C17H24N2O3/c1-19-13-7-8-14(19)10-15(9-13)22-17(18-21)16(11-20)12-5-3-2-4-6-12/h2-6,13-16,20-21H,7-11H2,1H3/t13-,14+,15+,16?. The molecule has 2 bridgehead atoms. The van der Waals surface area contributed by atoms with Crippen molar-refractivity contribution in [2.45, 2.75) is 49.8 Å². The minimum Gasteiger partial charge on any atom is -0.475 e. The first kappa shape index (κ1) is 15.3. The molecule has 0 saturated carbocycles. The van der Waals surface area contributed by atoms with Gasteiger partial charge in [0.15, 0.2) is 0 Å². The molecule has 3 rings (SSSR count). The van der Waals surface area contributed by atoms with Gasteiger partial charge >= 0.3 is 0 Å². The lowest BCUT2D eigenvalue weighted by atomic mass is 9.98. The zero-order valence-electron chi connectivity index (χ0n) is 12.9. The van der Waals surface area contributed by atoms with Crippen LogP contribution in [0.3, 0.4) is 0 Å². The lowest BCUT2D eigenvalue weighted by molar-refractivity contribution is 0.0504. The topological polar surface area (TPSA) is 65.3 Å². The van der Waals surface area contributed by atoms with Gasteiger partial charge in [0.05, 0.1) is 12.5 Å². The molecular weight excluding hydrogens is 280 g/mol. The van der Waals surface area contributed by atoms with E-state index in [-0.39, 0.29) is 18.6 Å². The fraction of sp³-hybridized carbons (Fsp3) is 0.588. The summed E-state index contributed by atoms with van der Waals surface area (Å²) in [4.78, 5) is 2.44. The molecule has 0 radical (unpaired) electrons. The first-order valence-corrected chi connectivity index (χ1v) is 7.99. The molecule has 2 heterocycles. The van der Waals surface area contributed by atoms with Gasteiger partial charge in [-0.2, -0.15) is 0 Å². The first-order chi connectivity index (χ1) is 10.7. The second kappa shape index (κ2) is 6.67. The molecule has 1 aromatic carbocycles. The van der Waals surface area contributed by atoms with Crippen LogP contribution in [-0.4, -0.2) is 53.0 Å². The van der Waals surface area contributed by atoms with Crippen LogP contribution in [0.1, 0.15) is 37.2 Å². The molecule has 2 aliphatic heterocycles. The highest BCUT2D eigenvalue weighted by Crippen LogP contribution is 2.36. The van der Waals surface area contributed by atoms with Gasteiger partial charge in [-0.3, -0.25) is 0 Å². The number of rotatable bonds is 4. The number of benzene rings is 1. The second-order valence-electron chi connectivity index (χ2n) is 6.35. The fourth-order valence-electron chi connectivity index (χ4n) is 3.82. The molecule has 0 aromatic heterocycles. The third-order valence-electron chi connectivity index (χ3n) is 5.12. The molecule has 2 saturated heterocycles. The van der Waals surface area contributed by atoms with E-state index in [1.165, 1.54) is 12.8 Å². The van der Waals surface area contributed by atoms with Crippen LogP contribution in [0, 0.1) is 0 Å². The van der Waals surface area contributed by atoms with E-state index in [1.54, 1.807) is 0 Å². The summed E-state index contributed by atoms with van der Waals surface area (Å²) in [5.74, 6) is -0.189. The fourth-order valence-corrected chi connectivity index (χ4v) is 3.82. The molecule has 22 heavy (non-hydrogen) atoms. The summed E-state index contributed by atoms with van der Waals surface area (Å²) in [6.07, 6.45) is 4.42. The number of hydrogen-bond donors (Lipinski definition) is 2. The van der Waals surface area contributed by atoms with Gasteiger partial charge in [-0.25, -0.2) is 0 Å². The van der Waals surface area contributed by atoms with E-state index in [4.69, 9.17) is 4.74 Å². The molecule has 0 aliphatic carbocycles. The van der Waals surface area contributed by atoms with Crippen molar-refractivity contribution >= 4 is 5.90 Å². The number of aliphatic hydroxyl groups excluding tert-OH is 1. The molecule has 120 valence electrons. The lowest BCUT2D eigenvalue weighted by Gasteiger charge is -2.36. The van der Waals surface area contributed by atoms with E-state index in [2.05, 4.69) is 17.1 Å². The van der Waals surface area contributed by atoms with Crippen LogP contribution >= 0.6 is 0 Å². The van der Waals surface area contributed by atoms with E-state index >= 15 is 0 Å². The Morgan fingerprint density at radius 2 is 1.91 bits per heavy atom. The van der Waals surface area contributed by atoms with E-state index < -0.39 is 5.92 Å². The van der Waals surface area contributed by atoms with Crippen molar-refractivity contribution < 1.29 is 15.1 Å². The number of oxime groups is 1. The number of hydrogen-bond acceptors (Lipinski definition) is 5. The van der Waals surface area contributed by atoms with Gasteiger partial charge in [0.25, 0.3) is 0 Å². The van der Waals surface area contributed by atoms with Crippen molar-refractivity contribution in [3.8, 4) is 0 Å². The van der Waals surface area contributed by atoms with Crippen molar-refractivity contribution in [1.82, 2.24) is 4.90 Å². The van der Waals surface area contributed by atoms with E-state index in [0.29, 0.717) is 12.1 Å². The van der Waals surface area contributed by atoms with Gasteiger partial charge in [-0.1, -0.05) is 35.5 Å². The Bertz CT molecular complexity index is 506. The normalized spacial score (nSPS) is 30.3. The number of ether oxygens (including phenoxy) is 1. The van der Waals surface area contributed by atoms with Gasteiger partial charge in [0.1, 0.15) is 6.10 Å². The van der Waals surface area contributed by atoms with Crippen LogP contribution in [0.4, 0.5) is 0 Å². The van der Waals surface area contributed by atoms with Crippen LogP contribution in [0.15, 0.2) is 35.5 Å². The predicted molar refractivity (Wildman–Crippen MR) is 84.2 cm³/mol. The Hall–Kier alpha value is -1.59. The number of fused-ring (bicyclic) bond motifs is 2. The molecular formula is C17H24N2O3. The first-order valence-electron chi connectivity index (χ1n) is 7.99. The molecule has 2 N–H and O–H groups in total. The van der Waals surface area contributed by atoms with E-state index in [1.807, 2.05) is 30.3 Å². The van der Waals surface area contributed by atoms with Crippen molar-refractivity contribution in [1.29, 1.82) is 0 Å². The van der Waals surface area contributed by atoms with Crippen LogP contribution in [0.5, 0.6) is 0 Å². The van der Waals surface area contributed by atoms with E-state index in [9.17, 15) is 10.3 Å². The second-order valence-corrected chi connectivity index (χ2v) is 6.35.